The van der Waals surface area contributed by atoms with E-state index in [-0.39, 0.29) is 0 Å². The van der Waals surface area contributed by atoms with E-state index < -0.39 is 0 Å². The van der Waals surface area contributed by atoms with Crippen molar-refractivity contribution in [1.29, 1.82) is 0 Å². The summed E-state index contributed by atoms with van der Waals surface area (Å²) < 4.78 is 5.39. The minimum atomic E-state index is 0.637. The molecule has 3 aromatic rings. The van der Waals surface area contributed by atoms with Gasteiger partial charge in [0.15, 0.2) is 0 Å². The van der Waals surface area contributed by atoms with Crippen LogP contribution < -0.4 is 15.4 Å². The lowest BCUT2D eigenvalue weighted by Crippen LogP contribution is -2.08. The predicted molar refractivity (Wildman–Crippen MR) is 106 cm³/mol. The molecule has 0 spiro atoms. The molecule has 5 nitrogen and oxygen atoms in total. The van der Waals surface area contributed by atoms with Crippen LogP contribution in [0.3, 0.4) is 0 Å². The molecule has 3 rings (SSSR count). The van der Waals surface area contributed by atoms with Gasteiger partial charge in [0.05, 0.1) is 7.11 Å². The third kappa shape index (κ3) is 4.51. The Kier molecular flexibility index (Phi) is 5.69. The molecule has 0 bridgehead atoms. The molecule has 0 radical (unpaired) electrons. The van der Waals surface area contributed by atoms with Crippen LogP contribution in [-0.2, 0) is 13.1 Å². The number of anilines is 2. The number of nitrogens with one attached hydrogen (secondary N) is 2. The second kappa shape index (κ2) is 8.34. The summed E-state index contributed by atoms with van der Waals surface area (Å²) in [5.41, 5.74) is 3.60. The summed E-state index contributed by atoms with van der Waals surface area (Å²) in [7, 11) is 1.68. The van der Waals surface area contributed by atoms with Crippen molar-refractivity contribution >= 4 is 11.6 Å². The van der Waals surface area contributed by atoms with E-state index in [1.54, 1.807) is 7.11 Å². The van der Waals surface area contributed by atoms with Crippen LogP contribution in [0, 0.1) is 13.8 Å². The highest BCUT2D eigenvalue weighted by Crippen LogP contribution is 2.19. The van der Waals surface area contributed by atoms with Crippen molar-refractivity contribution in [2.45, 2.75) is 26.9 Å². The Morgan fingerprint density at radius 3 is 2.04 bits per heavy atom. The molecule has 0 aliphatic carbocycles. The van der Waals surface area contributed by atoms with E-state index in [0.717, 1.165) is 35.3 Å². The Morgan fingerprint density at radius 1 is 0.808 bits per heavy atom. The fraction of sp³-hybridized carbons (Fsp3) is 0.238. The van der Waals surface area contributed by atoms with Gasteiger partial charge in [-0.25, -0.2) is 9.97 Å². The summed E-state index contributed by atoms with van der Waals surface area (Å²) in [5, 5.41) is 6.74. The van der Waals surface area contributed by atoms with Gasteiger partial charge >= 0.3 is 0 Å². The van der Waals surface area contributed by atoms with E-state index in [2.05, 4.69) is 45.7 Å². The highest BCUT2D eigenvalue weighted by molar-refractivity contribution is 5.49. The van der Waals surface area contributed by atoms with E-state index >= 15 is 0 Å². The maximum absolute atomic E-state index is 5.39. The fourth-order valence-corrected chi connectivity index (χ4v) is 2.78. The van der Waals surface area contributed by atoms with Crippen LogP contribution in [0.25, 0.3) is 0 Å². The summed E-state index contributed by atoms with van der Waals surface area (Å²) in [6.45, 7) is 5.38. The van der Waals surface area contributed by atoms with Gasteiger partial charge in [-0.1, -0.05) is 42.5 Å². The van der Waals surface area contributed by atoms with Crippen LogP contribution in [0.5, 0.6) is 5.75 Å². The molecule has 134 valence electrons. The number of rotatable bonds is 7. The van der Waals surface area contributed by atoms with E-state index in [1.165, 1.54) is 11.1 Å². The smallest absolute Gasteiger partial charge is 0.132 e. The second-order valence-electron chi connectivity index (χ2n) is 6.13. The lowest BCUT2D eigenvalue weighted by molar-refractivity contribution is 0.410. The van der Waals surface area contributed by atoms with Gasteiger partial charge in [0, 0.05) is 24.7 Å². The maximum Gasteiger partial charge on any atom is 0.132 e. The normalized spacial score (nSPS) is 10.4. The quantitative estimate of drug-likeness (QED) is 0.666. The van der Waals surface area contributed by atoms with Crippen molar-refractivity contribution in [3.05, 3.63) is 77.1 Å². The summed E-state index contributed by atoms with van der Waals surface area (Å²) in [6.07, 6.45) is 0. The predicted octanol–water partition coefficient (Wildman–Crippen LogP) is 4.33. The molecule has 5 heteroatoms. The third-order valence-corrected chi connectivity index (χ3v) is 4.21. The number of para-hydroxylation sites is 1. The van der Waals surface area contributed by atoms with Crippen molar-refractivity contribution in [2.24, 2.45) is 0 Å². The third-order valence-electron chi connectivity index (χ3n) is 4.21. The molecule has 2 N–H and O–H groups in total. The van der Waals surface area contributed by atoms with Crippen LogP contribution in [0.4, 0.5) is 11.6 Å². The Labute approximate surface area is 154 Å². The van der Waals surface area contributed by atoms with Gasteiger partial charge in [-0.2, -0.15) is 0 Å². The highest BCUT2D eigenvalue weighted by Gasteiger charge is 2.05. The largest absolute Gasteiger partial charge is 0.496 e. The molecule has 1 heterocycles. The van der Waals surface area contributed by atoms with Gasteiger partial charge in [-0.05, 0) is 31.0 Å². The van der Waals surface area contributed by atoms with Gasteiger partial charge in [0.1, 0.15) is 23.2 Å². The maximum atomic E-state index is 5.39. The van der Waals surface area contributed by atoms with Gasteiger partial charge < -0.3 is 15.4 Å². The van der Waals surface area contributed by atoms with Crippen LogP contribution in [-0.4, -0.2) is 17.1 Å². The minimum Gasteiger partial charge on any atom is -0.496 e. The molecule has 0 saturated carbocycles. The van der Waals surface area contributed by atoms with Crippen molar-refractivity contribution in [3.8, 4) is 5.75 Å². The lowest BCUT2D eigenvalue weighted by Gasteiger charge is -2.12. The van der Waals surface area contributed by atoms with Crippen molar-refractivity contribution < 1.29 is 4.74 Å². The first kappa shape index (κ1) is 17.7. The summed E-state index contributed by atoms with van der Waals surface area (Å²) >= 11 is 0. The molecule has 1 aromatic heterocycles. The Bertz CT molecular complexity index is 879. The molecule has 0 atom stereocenters. The fourth-order valence-electron chi connectivity index (χ4n) is 2.78. The summed E-state index contributed by atoms with van der Waals surface area (Å²) in [5.74, 6) is 3.19. The Hall–Kier alpha value is -3.08. The molecule has 0 unspecified atom stereocenters. The number of aryl methyl sites for hydroxylation is 2. The summed E-state index contributed by atoms with van der Waals surface area (Å²) in [4.78, 5) is 8.95. The molecule has 0 amide bonds. The van der Waals surface area contributed by atoms with Gasteiger partial charge in [-0.15, -0.1) is 0 Å². The molecule has 26 heavy (non-hydrogen) atoms. The zero-order valence-electron chi connectivity index (χ0n) is 15.4. The number of hydrogen-bond donors (Lipinski definition) is 2. The lowest BCUT2D eigenvalue weighted by atomic mass is 10.1. The van der Waals surface area contributed by atoms with E-state index in [9.17, 15) is 0 Å². The Balaban J connectivity index is 1.68. The molecular weight excluding hydrogens is 324 g/mol. The first-order valence-electron chi connectivity index (χ1n) is 8.65. The second-order valence-corrected chi connectivity index (χ2v) is 6.13. The topological polar surface area (TPSA) is 59.1 Å². The molecule has 2 aromatic carbocycles. The number of aromatic nitrogens is 2. The van der Waals surface area contributed by atoms with Gasteiger partial charge in [0.25, 0.3) is 0 Å². The zero-order valence-corrected chi connectivity index (χ0v) is 15.4. The molecule has 0 fully saturated rings. The molecule has 0 aliphatic rings. The number of hydrogen-bond acceptors (Lipinski definition) is 5. The first-order chi connectivity index (χ1) is 12.7. The number of benzene rings is 2. The van der Waals surface area contributed by atoms with Gasteiger partial charge in [0.2, 0.25) is 0 Å². The molecular formula is C21H24N4O. The molecule has 0 aliphatic heterocycles. The minimum absolute atomic E-state index is 0.637. The van der Waals surface area contributed by atoms with E-state index in [1.807, 2.05) is 43.3 Å². The SMILES string of the molecule is COc1ccccc1CNc1cc(NCc2ccccc2C)nc(C)n1. The monoisotopic (exact) mass is 348 g/mol. The number of methoxy groups -OCH3 is 1. The zero-order chi connectivity index (χ0) is 18.4. The van der Waals surface area contributed by atoms with E-state index in [0.29, 0.717) is 6.54 Å². The van der Waals surface area contributed by atoms with Crippen molar-refractivity contribution in [2.75, 3.05) is 17.7 Å². The molecule has 0 saturated heterocycles. The summed E-state index contributed by atoms with van der Waals surface area (Å²) in [6, 6.07) is 18.2. The van der Waals surface area contributed by atoms with Crippen LogP contribution in [0.1, 0.15) is 22.5 Å². The Morgan fingerprint density at radius 2 is 1.38 bits per heavy atom. The number of ether oxygens (including phenoxy) is 1. The van der Waals surface area contributed by atoms with Crippen LogP contribution in [0.15, 0.2) is 54.6 Å². The standard InChI is InChI=1S/C21H24N4O/c1-15-8-4-5-9-17(15)13-22-20-12-21(25-16(2)24-20)23-14-18-10-6-7-11-19(18)26-3/h4-12H,13-14H2,1-3H3,(H2,22,23,24,25). The van der Waals surface area contributed by atoms with Crippen molar-refractivity contribution in [1.82, 2.24) is 9.97 Å². The number of nitrogens with zero attached hydrogens (tertiary/aromatic N) is 2. The van der Waals surface area contributed by atoms with Crippen molar-refractivity contribution in [3.63, 3.8) is 0 Å². The average Bonchev–Trinajstić information content (AvgIpc) is 2.65. The first-order valence-corrected chi connectivity index (χ1v) is 8.65. The van der Waals surface area contributed by atoms with Gasteiger partial charge in [-0.3, -0.25) is 0 Å². The highest BCUT2D eigenvalue weighted by atomic mass is 16.5. The average molecular weight is 348 g/mol. The van der Waals surface area contributed by atoms with Crippen LogP contribution in [0.2, 0.25) is 0 Å². The van der Waals surface area contributed by atoms with E-state index in [4.69, 9.17) is 4.74 Å². The van der Waals surface area contributed by atoms with Crippen LogP contribution >= 0.6 is 0 Å².